The minimum absolute atomic E-state index is 0.00965. The van der Waals surface area contributed by atoms with Crippen LogP contribution in [0.5, 0.6) is 5.75 Å². The van der Waals surface area contributed by atoms with Gasteiger partial charge in [0, 0.05) is 24.4 Å². The number of nitrogens with one attached hydrogen (secondary N) is 1. The van der Waals surface area contributed by atoms with E-state index in [1.807, 2.05) is 0 Å². The van der Waals surface area contributed by atoms with Crippen LogP contribution in [0.25, 0.3) is 11.0 Å². The lowest BCUT2D eigenvalue weighted by molar-refractivity contribution is -0.0904. The minimum Gasteiger partial charge on any atom is -0.491 e. The zero-order chi connectivity index (χ0) is 21.1. The van der Waals surface area contributed by atoms with Crippen LogP contribution < -0.4 is 15.8 Å². The van der Waals surface area contributed by atoms with Gasteiger partial charge in [-0.2, -0.15) is 0 Å². The number of aliphatic hydroxyl groups is 2. The fraction of sp³-hybridized carbons (Fsp3) is 0.316. The quantitative estimate of drug-likeness (QED) is 0.447. The number of primary amides is 1. The molecule has 3 aromatic rings. The van der Waals surface area contributed by atoms with Crippen LogP contribution in [0.15, 0.2) is 42.9 Å². The summed E-state index contributed by atoms with van der Waals surface area (Å²) in [7, 11) is 0. The van der Waals surface area contributed by atoms with Gasteiger partial charge in [0.05, 0.1) is 5.39 Å². The lowest BCUT2D eigenvalue weighted by Crippen LogP contribution is -2.35. The topological polar surface area (TPSA) is 145 Å². The van der Waals surface area contributed by atoms with Crippen LogP contribution in [0.4, 0.5) is 10.5 Å². The number of carbonyl (C=O) groups excluding carboxylic acids is 1. The number of hydrogen-bond donors (Lipinski definition) is 4. The SMILES string of the molecule is NC(=O)Nc1cccc(OC[C@H]2O[C@@H](n3ccc4c(Cl)ncnc43)[C@@]3(O)C[C@@]23O)c1. The molecular weight excluding hydrogens is 414 g/mol. The summed E-state index contributed by atoms with van der Waals surface area (Å²) in [5, 5.41) is 25.3. The Morgan fingerprint density at radius 2 is 2.20 bits per heavy atom. The maximum atomic E-state index is 11.0. The molecule has 156 valence electrons. The molecule has 1 saturated heterocycles. The van der Waals surface area contributed by atoms with Gasteiger partial charge in [-0.05, 0) is 18.2 Å². The number of rotatable bonds is 5. The average Bonchev–Trinajstić information content (AvgIpc) is 2.98. The van der Waals surface area contributed by atoms with Crippen LogP contribution >= 0.6 is 11.6 Å². The van der Waals surface area contributed by atoms with E-state index in [1.54, 1.807) is 41.1 Å². The van der Waals surface area contributed by atoms with Gasteiger partial charge in [-0.15, -0.1) is 0 Å². The molecule has 5 N–H and O–H groups in total. The average molecular weight is 432 g/mol. The summed E-state index contributed by atoms with van der Waals surface area (Å²) in [5.41, 5.74) is 3.17. The fourth-order valence-electron chi connectivity index (χ4n) is 4.02. The number of halogens is 1. The molecule has 30 heavy (non-hydrogen) atoms. The second-order valence-electron chi connectivity index (χ2n) is 7.46. The number of carbonyl (C=O) groups is 1. The number of ether oxygens (including phenoxy) is 2. The lowest BCUT2D eigenvalue weighted by atomic mass is 10.1. The van der Waals surface area contributed by atoms with E-state index in [-0.39, 0.29) is 13.0 Å². The molecule has 5 rings (SSSR count). The molecule has 4 atom stereocenters. The first-order valence-electron chi connectivity index (χ1n) is 9.18. The van der Waals surface area contributed by atoms with Crippen LogP contribution in [0.3, 0.4) is 0 Å². The van der Waals surface area contributed by atoms with E-state index in [4.69, 9.17) is 26.8 Å². The monoisotopic (exact) mass is 431 g/mol. The van der Waals surface area contributed by atoms with Gasteiger partial charge >= 0.3 is 6.03 Å². The maximum Gasteiger partial charge on any atom is 0.316 e. The largest absolute Gasteiger partial charge is 0.491 e. The van der Waals surface area contributed by atoms with Crippen molar-refractivity contribution in [1.82, 2.24) is 14.5 Å². The number of nitrogens with two attached hydrogens (primary N) is 1. The van der Waals surface area contributed by atoms with Crippen LogP contribution in [-0.4, -0.2) is 54.7 Å². The molecule has 3 heterocycles. The first-order chi connectivity index (χ1) is 14.3. The number of aromatic nitrogens is 3. The molecule has 2 aliphatic rings. The summed E-state index contributed by atoms with van der Waals surface area (Å²) in [6.07, 6.45) is 1.51. The Morgan fingerprint density at radius 1 is 1.37 bits per heavy atom. The van der Waals surface area contributed by atoms with Crippen molar-refractivity contribution >= 4 is 34.4 Å². The molecule has 0 radical (unpaired) electrons. The lowest BCUT2D eigenvalue weighted by Gasteiger charge is -2.22. The number of hydrogen-bond acceptors (Lipinski definition) is 7. The van der Waals surface area contributed by atoms with E-state index < -0.39 is 29.6 Å². The van der Waals surface area contributed by atoms with E-state index >= 15 is 0 Å². The fourth-order valence-corrected chi connectivity index (χ4v) is 4.21. The van der Waals surface area contributed by atoms with Crippen LogP contribution in [0, 0.1) is 0 Å². The molecule has 0 bridgehead atoms. The van der Waals surface area contributed by atoms with Gasteiger partial charge in [0.25, 0.3) is 0 Å². The van der Waals surface area contributed by atoms with Gasteiger partial charge < -0.3 is 35.3 Å². The summed E-state index contributed by atoms with van der Waals surface area (Å²) in [6, 6.07) is 7.69. The Hall–Kier alpha value is -2.92. The highest BCUT2D eigenvalue weighted by atomic mass is 35.5. The number of anilines is 1. The number of benzene rings is 1. The highest BCUT2D eigenvalue weighted by Crippen LogP contribution is 2.63. The second kappa shape index (κ2) is 6.54. The van der Waals surface area contributed by atoms with Gasteiger partial charge in [0.1, 0.15) is 46.8 Å². The Balaban J connectivity index is 1.36. The van der Waals surface area contributed by atoms with Crippen molar-refractivity contribution in [3.8, 4) is 5.75 Å². The van der Waals surface area contributed by atoms with Gasteiger partial charge in [-0.1, -0.05) is 17.7 Å². The normalized spacial score (nSPS) is 29.6. The molecule has 1 aliphatic heterocycles. The molecule has 2 aromatic heterocycles. The van der Waals surface area contributed by atoms with Gasteiger partial charge in [0.15, 0.2) is 6.23 Å². The van der Waals surface area contributed by atoms with Crippen molar-refractivity contribution in [2.24, 2.45) is 5.73 Å². The smallest absolute Gasteiger partial charge is 0.316 e. The number of amides is 2. The Morgan fingerprint density at radius 3 is 3.00 bits per heavy atom. The van der Waals surface area contributed by atoms with E-state index in [1.165, 1.54) is 6.33 Å². The molecular formula is C19H18ClN5O5. The van der Waals surface area contributed by atoms with E-state index in [0.29, 0.717) is 27.6 Å². The highest BCUT2D eigenvalue weighted by molar-refractivity contribution is 6.33. The molecule has 10 nitrogen and oxygen atoms in total. The van der Waals surface area contributed by atoms with Crippen molar-refractivity contribution in [2.75, 3.05) is 11.9 Å². The van der Waals surface area contributed by atoms with Gasteiger partial charge in [0.2, 0.25) is 0 Å². The third-order valence-corrected chi connectivity index (χ3v) is 5.92. The predicted molar refractivity (Wildman–Crippen MR) is 106 cm³/mol. The molecule has 1 aromatic carbocycles. The van der Waals surface area contributed by atoms with E-state index in [0.717, 1.165) is 0 Å². The van der Waals surface area contributed by atoms with Crippen molar-refractivity contribution in [3.63, 3.8) is 0 Å². The highest BCUT2D eigenvalue weighted by Gasteiger charge is 2.80. The van der Waals surface area contributed by atoms with Crippen LogP contribution in [0.1, 0.15) is 12.6 Å². The second-order valence-corrected chi connectivity index (χ2v) is 7.81. The standard InChI is InChI=1S/C19H18ClN5O5/c20-14-12-4-5-25(15(12)23-9-22-14)16-19(28)8-18(19,27)13(30-16)7-29-11-3-1-2-10(6-11)24-17(21)26/h1-6,9,13,16,27-28H,7-8H2,(H3,21,24,26)/t13-,16-,18-,19+/m1/s1. The van der Waals surface area contributed by atoms with E-state index in [2.05, 4.69) is 15.3 Å². The number of fused-ring (bicyclic) bond motifs is 2. The summed E-state index contributed by atoms with van der Waals surface area (Å²) in [4.78, 5) is 19.2. The molecule has 1 aliphatic carbocycles. The zero-order valence-corrected chi connectivity index (χ0v) is 16.3. The Labute approximate surface area is 175 Å². The van der Waals surface area contributed by atoms with Crippen molar-refractivity contribution < 1.29 is 24.5 Å². The zero-order valence-electron chi connectivity index (χ0n) is 15.5. The summed E-state index contributed by atoms with van der Waals surface area (Å²) in [6.45, 7) is -0.00965. The first-order valence-corrected chi connectivity index (χ1v) is 9.56. The summed E-state index contributed by atoms with van der Waals surface area (Å²) >= 11 is 6.11. The summed E-state index contributed by atoms with van der Waals surface area (Å²) < 4.78 is 13.4. The summed E-state index contributed by atoms with van der Waals surface area (Å²) in [5.74, 6) is 0.451. The molecule has 1 saturated carbocycles. The molecule has 0 spiro atoms. The molecule has 11 heteroatoms. The van der Waals surface area contributed by atoms with Crippen LogP contribution in [-0.2, 0) is 4.74 Å². The third-order valence-electron chi connectivity index (χ3n) is 5.61. The van der Waals surface area contributed by atoms with Crippen molar-refractivity contribution in [1.29, 1.82) is 0 Å². The minimum atomic E-state index is -1.47. The van der Waals surface area contributed by atoms with Crippen molar-refractivity contribution in [2.45, 2.75) is 30.0 Å². The Kier molecular flexibility index (Phi) is 4.16. The molecule has 0 unspecified atom stereocenters. The maximum absolute atomic E-state index is 11.0. The molecule has 2 fully saturated rings. The Bertz CT molecular complexity index is 1160. The molecule has 2 amide bonds. The van der Waals surface area contributed by atoms with Crippen LogP contribution in [0.2, 0.25) is 5.15 Å². The van der Waals surface area contributed by atoms with E-state index in [9.17, 15) is 15.0 Å². The predicted octanol–water partition coefficient (Wildman–Crippen LogP) is 1.42. The van der Waals surface area contributed by atoms with Gasteiger partial charge in [-0.25, -0.2) is 14.8 Å². The number of urea groups is 1. The number of nitrogens with zero attached hydrogens (tertiary/aromatic N) is 3. The van der Waals surface area contributed by atoms with Crippen molar-refractivity contribution in [3.05, 3.63) is 48.0 Å². The third kappa shape index (κ3) is 2.80. The first kappa shape index (κ1) is 19.1. The van der Waals surface area contributed by atoms with Gasteiger partial charge in [-0.3, -0.25) is 0 Å².